The van der Waals surface area contributed by atoms with Gasteiger partial charge in [-0.2, -0.15) is 0 Å². The lowest BCUT2D eigenvalue weighted by Gasteiger charge is -2.23. The van der Waals surface area contributed by atoms with Crippen molar-refractivity contribution in [3.63, 3.8) is 0 Å². The number of fused-ring (bicyclic) bond motifs is 3. The summed E-state index contributed by atoms with van der Waals surface area (Å²) >= 11 is 0. The molecular weight excluding hydrogens is 302 g/mol. The molecule has 23 heavy (non-hydrogen) atoms. The van der Waals surface area contributed by atoms with Crippen LogP contribution in [0.2, 0.25) is 0 Å². The smallest absolute Gasteiger partial charge is 0.342 e. The highest BCUT2D eigenvalue weighted by molar-refractivity contribution is 5.92. The summed E-state index contributed by atoms with van der Waals surface area (Å²) in [7, 11) is 1.05. The van der Waals surface area contributed by atoms with Gasteiger partial charge in [0, 0.05) is 5.39 Å². The van der Waals surface area contributed by atoms with Gasteiger partial charge in [0.15, 0.2) is 5.60 Å². The van der Waals surface area contributed by atoms with Crippen molar-refractivity contribution >= 4 is 22.8 Å². The molecule has 2 aromatic rings. The molecule has 1 aliphatic rings. The summed E-state index contributed by atoms with van der Waals surface area (Å²) in [5.74, 6) is -3.02. The Balaban J connectivity index is 2.32. The average Bonchev–Trinajstić information content (AvgIpc) is 2.53. The van der Waals surface area contributed by atoms with Gasteiger partial charge in [-0.3, -0.25) is 0 Å². The second-order valence-corrected chi connectivity index (χ2v) is 5.78. The first kappa shape index (κ1) is 15.6. The van der Waals surface area contributed by atoms with Gasteiger partial charge < -0.3 is 9.84 Å². The SMILES string of the molecule is COC(=O)C(C)(O)c1c(F)cc2c3c(ccc2c1F)C=CCC3. The Morgan fingerprint density at radius 2 is 2.04 bits per heavy atom. The molecule has 0 aromatic heterocycles. The average molecular weight is 318 g/mol. The van der Waals surface area contributed by atoms with Crippen LogP contribution in [0.15, 0.2) is 24.3 Å². The number of allylic oxidation sites excluding steroid dienone is 1. The lowest BCUT2D eigenvalue weighted by molar-refractivity contribution is -0.162. The predicted molar refractivity (Wildman–Crippen MR) is 82.8 cm³/mol. The molecule has 1 N–H and O–H groups in total. The van der Waals surface area contributed by atoms with Gasteiger partial charge in [-0.1, -0.05) is 24.3 Å². The van der Waals surface area contributed by atoms with Gasteiger partial charge in [0.1, 0.15) is 11.6 Å². The number of esters is 1. The highest BCUT2D eigenvalue weighted by Gasteiger charge is 2.40. The summed E-state index contributed by atoms with van der Waals surface area (Å²) in [5.41, 5.74) is -1.29. The maximum absolute atomic E-state index is 14.9. The number of methoxy groups -OCH3 is 1. The Hall–Kier alpha value is -2.27. The Bertz CT molecular complexity index is 838. The first-order valence-corrected chi connectivity index (χ1v) is 7.29. The van der Waals surface area contributed by atoms with Crippen molar-refractivity contribution < 1.29 is 23.4 Å². The highest BCUT2D eigenvalue weighted by atomic mass is 19.1. The van der Waals surface area contributed by atoms with Crippen molar-refractivity contribution in [1.82, 2.24) is 0 Å². The molecular formula is C18H16F2O3. The maximum Gasteiger partial charge on any atom is 0.342 e. The summed E-state index contributed by atoms with van der Waals surface area (Å²) in [6, 6.07) is 4.48. The third-order valence-corrected chi connectivity index (χ3v) is 4.29. The number of rotatable bonds is 2. The van der Waals surface area contributed by atoms with Crippen LogP contribution < -0.4 is 0 Å². The van der Waals surface area contributed by atoms with Crippen molar-refractivity contribution in [1.29, 1.82) is 0 Å². The van der Waals surface area contributed by atoms with Crippen molar-refractivity contribution in [2.45, 2.75) is 25.4 Å². The van der Waals surface area contributed by atoms with E-state index >= 15 is 0 Å². The molecule has 2 aromatic carbocycles. The summed E-state index contributed by atoms with van der Waals surface area (Å²) < 4.78 is 33.8. The minimum Gasteiger partial charge on any atom is -0.467 e. The van der Waals surface area contributed by atoms with Gasteiger partial charge in [0.2, 0.25) is 0 Å². The summed E-state index contributed by atoms with van der Waals surface area (Å²) in [6.07, 6.45) is 5.43. The van der Waals surface area contributed by atoms with E-state index in [0.29, 0.717) is 11.8 Å². The Morgan fingerprint density at radius 3 is 2.74 bits per heavy atom. The van der Waals surface area contributed by atoms with E-state index in [1.165, 1.54) is 12.1 Å². The first-order valence-electron chi connectivity index (χ1n) is 7.29. The third kappa shape index (κ3) is 2.32. The molecule has 0 spiro atoms. The highest BCUT2D eigenvalue weighted by Crippen LogP contribution is 2.36. The van der Waals surface area contributed by atoms with Crippen LogP contribution in [0, 0.1) is 11.6 Å². The van der Waals surface area contributed by atoms with Gasteiger partial charge in [-0.15, -0.1) is 0 Å². The summed E-state index contributed by atoms with van der Waals surface area (Å²) in [5, 5.41) is 10.9. The second-order valence-electron chi connectivity index (χ2n) is 5.78. The first-order chi connectivity index (χ1) is 10.9. The van der Waals surface area contributed by atoms with Gasteiger partial charge >= 0.3 is 5.97 Å². The summed E-state index contributed by atoms with van der Waals surface area (Å²) in [4.78, 5) is 11.7. The zero-order valence-electron chi connectivity index (χ0n) is 12.8. The molecule has 0 amide bonds. The summed E-state index contributed by atoms with van der Waals surface area (Å²) in [6.45, 7) is 1.02. The molecule has 120 valence electrons. The fraction of sp³-hybridized carbons (Fsp3) is 0.278. The van der Waals surface area contributed by atoms with E-state index < -0.39 is 28.8 Å². The van der Waals surface area contributed by atoms with Crippen LogP contribution in [-0.2, 0) is 21.6 Å². The minimum absolute atomic E-state index is 0.180. The number of carbonyl (C=O) groups excluding carboxylic acids is 1. The van der Waals surface area contributed by atoms with Gasteiger partial charge in [-0.25, -0.2) is 13.6 Å². The predicted octanol–water partition coefficient (Wildman–Crippen LogP) is 3.46. The fourth-order valence-electron chi connectivity index (χ4n) is 3.10. The topological polar surface area (TPSA) is 46.5 Å². The zero-order chi connectivity index (χ0) is 16.8. The van der Waals surface area contributed by atoms with Crippen LogP contribution >= 0.6 is 0 Å². The minimum atomic E-state index is -2.40. The fourth-order valence-corrected chi connectivity index (χ4v) is 3.10. The molecule has 3 rings (SSSR count). The number of hydrogen-bond donors (Lipinski definition) is 1. The zero-order valence-corrected chi connectivity index (χ0v) is 12.8. The Morgan fingerprint density at radius 1 is 1.30 bits per heavy atom. The van der Waals surface area contributed by atoms with Crippen LogP contribution in [0.5, 0.6) is 0 Å². The molecule has 1 aliphatic carbocycles. The number of hydrogen-bond acceptors (Lipinski definition) is 3. The number of aliphatic hydroxyl groups is 1. The van der Waals surface area contributed by atoms with E-state index in [2.05, 4.69) is 4.74 Å². The molecule has 0 saturated carbocycles. The van der Waals surface area contributed by atoms with Crippen LogP contribution in [0.4, 0.5) is 8.78 Å². The van der Waals surface area contributed by atoms with E-state index in [-0.39, 0.29) is 5.39 Å². The van der Waals surface area contributed by atoms with Gasteiger partial charge in [0.05, 0.1) is 12.7 Å². The number of benzene rings is 2. The Kier molecular flexibility index (Phi) is 3.68. The molecule has 3 nitrogen and oxygen atoms in total. The quantitative estimate of drug-likeness (QED) is 0.863. The third-order valence-electron chi connectivity index (χ3n) is 4.29. The molecule has 5 heteroatoms. The molecule has 0 aliphatic heterocycles. The normalized spacial score (nSPS) is 16.0. The standard InChI is InChI=1S/C18H16F2O3/c1-18(22,17(21)23-2)15-14(19)9-13-11-6-4-3-5-10(11)7-8-12(13)16(15)20/h3,5,7-9,22H,4,6H2,1-2H3. The van der Waals surface area contributed by atoms with E-state index in [1.54, 1.807) is 6.07 Å². The molecule has 0 radical (unpaired) electrons. The van der Waals surface area contributed by atoms with E-state index in [1.807, 2.05) is 12.2 Å². The van der Waals surface area contributed by atoms with Crippen molar-refractivity contribution in [2.75, 3.05) is 7.11 Å². The molecule has 0 saturated heterocycles. The van der Waals surface area contributed by atoms with E-state index in [4.69, 9.17) is 0 Å². The van der Waals surface area contributed by atoms with Crippen molar-refractivity contribution in [3.8, 4) is 0 Å². The van der Waals surface area contributed by atoms with E-state index in [9.17, 15) is 18.7 Å². The molecule has 1 unspecified atom stereocenters. The number of carbonyl (C=O) groups is 1. The van der Waals surface area contributed by atoms with Gasteiger partial charge in [-0.05, 0) is 42.3 Å². The van der Waals surface area contributed by atoms with Gasteiger partial charge in [0.25, 0.3) is 0 Å². The molecule has 0 fully saturated rings. The lowest BCUT2D eigenvalue weighted by atomic mass is 9.87. The Labute approximate surface area is 132 Å². The van der Waals surface area contributed by atoms with Crippen LogP contribution in [-0.4, -0.2) is 18.2 Å². The number of halogens is 2. The van der Waals surface area contributed by atoms with E-state index in [0.717, 1.165) is 31.6 Å². The van der Waals surface area contributed by atoms with Crippen molar-refractivity contribution in [3.05, 3.63) is 52.6 Å². The number of ether oxygens (including phenoxy) is 1. The largest absolute Gasteiger partial charge is 0.467 e. The molecule has 0 bridgehead atoms. The molecule has 0 heterocycles. The molecule has 1 atom stereocenters. The lowest BCUT2D eigenvalue weighted by Crippen LogP contribution is -2.35. The second kappa shape index (κ2) is 5.42. The van der Waals surface area contributed by atoms with Crippen molar-refractivity contribution in [2.24, 2.45) is 0 Å². The maximum atomic E-state index is 14.9. The monoisotopic (exact) mass is 318 g/mol. The van der Waals surface area contributed by atoms with Crippen LogP contribution in [0.3, 0.4) is 0 Å². The van der Waals surface area contributed by atoms with Crippen LogP contribution in [0.1, 0.15) is 30.0 Å². The van der Waals surface area contributed by atoms with Crippen LogP contribution in [0.25, 0.3) is 16.8 Å². The number of aryl methyl sites for hydroxylation is 1.